The second-order valence-corrected chi connectivity index (χ2v) is 9.41. The zero-order chi connectivity index (χ0) is 17.9. The van der Waals surface area contributed by atoms with Crippen molar-refractivity contribution in [1.29, 1.82) is 0 Å². The Morgan fingerprint density at radius 1 is 1.32 bits per heavy atom. The van der Waals surface area contributed by atoms with Crippen LogP contribution in [0.25, 0.3) is 11.1 Å². The van der Waals surface area contributed by atoms with Crippen molar-refractivity contribution in [3.63, 3.8) is 0 Å². The van der Waals surface area contributed by atoms with Gasteiger partial charge in [-0.15, -0.1) is 0 Å². The third-order valence-electron chi connectivity index (χ3n) is 4.38. The summed E-state index contributed by atoms with van der Waals surface area (Å²) in [6, 6.07) is 4.93. The van der Waals surface area contributed by atoms with Gasteiger partial charge in [0.1, 0.15) is 5.52 Å². The van der Waals surface area contributed by atoms with Crippen LogP contribution in [0.2, 0.25) is 0 Å². The molecule has 136 valence electrons. The molecular formula is C17H22N2O4S2. The summed E-state index contributed by atoms with van der Waals surface area (Å²) in [6.45, 7) is 1.61. The van der Waals surface area contributed by atoms with Crippen LogP contribution in [0.15, 0.2) is 32.7 Å². The largest absolute Gasteiger partial charge is 0.431 e. The molecule has 0 spiro atoms. The van der Waals surface area contributed by atoms with Gasteiger partial charge in [0.25, 0.3) is 5.22 Å². The van der Waals surface area contributed by atoms with Gasteiger partial charge in [0.15, 0.2) is 15.4 Å². The van der Waals surface area contributed by atoms with Crippen molar-refractivity contribution in [2.45, 2.75) is 55.2 Å². The zero-order valence-corrected chi connectivity index (χ0v) is 15.8. The Balaban J connectivity index is 1.63. The smallest absolute Gasteiger partial charge is 0.257 e. The number of nitrogens with one attached hydrogen (secondary N) is 1. The number of nitrogens with zero attached hydrogens (tertiary/aromatic N) is 1. The van der Waals surface area contributed by atoms with Crippen molar-refractivity contribution >= 4 is 38.6 Å². The number of thioether (sulfide) groups is 1. The third kappa shape index (κ3) is 4.55. The Morgan fingerprint density at radius 3 is 2.80 bits per heavy atom. The highest BCUT2D eigenvalue weighted by molar-refractivity contribution is 7.99. The predicted octanol–water partition coefficient (Wildman–Crippen LogP) is 3.16. The van der Waals surface area contributed by atoms with Gasteiger partial charge in [-0.05, 0) is 31.0 Å². The lowest BCUT2D eigenvalue weighted by Crippen LogP contribution is -2.37. The molecule has 1 amide bonds. The Bertz CT molecular complexity index is 855. The molecule has 25 heavy (non-hydrogen) atoms. The number of carbonyl (C=O) groups excluding carboxylic acids is 1. The van der Waals surface area contributed by atoms with E-state index in [-0.39, 0.29) is 28.4 Å². The summed E-state index contributed by atoms with van der Waals surface area (Å²) >= 11 is 1.22. The van der Waals surface area contributed by atoms with Crippen LogP contribution in [-0.2, 0) is 14.6 Å². The number of amides is 1. The summed E-state index contributed by atoms with van der Waals surface area (Å²) in [4.78, 5) is 16.6. The monoisotopic (exact) mass is 382 g/mol. The first-order valence-corrected chi connectivity index (χ1v) is 11.2. The summed E-state index contributed by atoms with van der Waals surface area (Å²) in [5.74, 6) is 0.261. The van der Waals surface area contributed by atoms with E-state index < -0.39 is 9.84 Å². The van der Waals surface area contributed by atoms with Crippen LogP contribution in [0.1, 0.15) is 39.0 Å². The first-order valence-electron chi connectivity index (χ1n) is 8.53. The lowest BCUT2D eigenvalue weighted by atomic mass is 9.95. The van der Waals surface area contributed by atoms with Crippen molar-refractivity contribution in [2.24, 2.45) is 0 Å². The topological polar surface area (TPSA) is 89.3 Å². The Morgan fingerprint density at radius 2 is 2.08 bits per heavy atom. The van der Waals surface area contributed by atoms with E-state index in [4.69, 9.17) is 4.42 Å². The second kappa shape index (κ2) is 7.78. The predicted molar refractivity (Wildman–Crippen MR) is 97.5 cm³/mol. The van der Waals surface area contributed by atoms with Crippen LogP contribution >= 0.6 is 11.8 Å². The van der Waals surface area contributed by atoms with Gasteiger partial charge in [-0.3, -0.25) is 4.79 Å². The summed E-state index contributed by atoms with van der Waals surface area (Å²) < 4.78 is 29.5. The molecule has 1 aliphatic carbocycles. The molecular weight excluding hydrogens is 360 g/mol. The molecule has 8 heteroatoms. The van der Waals surface area contributed by atoms with Crippen LogP contribution in [-0.4, -0.2) is 36.9 Å². The molecule has 0 saturated heterocycles. The van der Waals surface area contributed by atoms with Crippen molar-refractivity contribution in [3.05, 3.63) is 18.2 Å². The fraction of sp³-hybridized carbons (Fsp3) is 0.529. The molecule has 1 aromatic carbocycles. The average Bonchev–Trinajstić information content (AvgIpc) is 3.03. The molecule has 1 fully saturated rings. The molecule has 0 aliphatic heterocycles. The minimum Gasteiger partial charge on any atom is -0.431 e. The number of hydrogen-bond donors (Lipinski definition) is 1. The summed E-state index contributed by atoms with van der Waals surface area (Å²) in [6.07, 6.45) is 5.69. The third-order valence-corrected chi connectivity index (χ3v) is 6.94. The molecule has 1 heterocycles. The lowest BCUT2D eigenvalue weighted by Gasteiger charge is -2.22. The highest BCUT2D eigenvalue weighted by Gasteiger charge is 2.18. The fourth-order valence-corrected chi connectivity index (χ4v) is 4.50. The van der Waals surface area contributed by atoms with Gasteiger partial charge < -0.3 is 9.73 Å². The first kappa shape index (κ1) is 18.3. The number of sulfone groups is 1. The average molecular weight is 383 g/mol. The molecule has 0 unspecified atom stereocenters. The van der Waals surface area contributed by atoms with Crippen molar-refractivity contribution in [3.8, 4) is 0 Å². The number of fused-ring (bicyclic) bond motifs is 1. The van der Waals surface area contributed by atoms with Gasteiger partial charge in [-0.2, -0.15) is 0 Å². The summed E-state index contributed by atoms with van der Waals surface area (Å²) in [7, 11) is -3.28. The molecule has 1 N–H and O–H groups in total. The van der Waals surface area contributed by atoms with Crippen LogP contribution in [0, 0.1) is 0 Å². The van der Waals surface area contributed by atoms with E-state index in [0.717, 1.165) is 12.8 Å². The van der Waals surface area contributed by atoms with Gasteiger partial charge in [0, 0.05) is 6.04 Å². The molecule has 1 aliphatic rings. The normalized spacial score (nSPS) is 16.2. The highest BCUT2D eigenvalue weighted by atomic mass is 32.2. The minimum atomic E-state index is -3.28. The first-order chi connectivity index (χ1) is 12.0. The van der Waals surface area contributed by atoms with Crippen LogP contribution < -0.4 is 5.32 Å². The van der Waals surface area contributed by atoms with Crippen LogP contribution in [0.4, 0.5) is 0 Å². The SMILES string of the molecule is CCS(=O)(=O)c1ccc2oc(SCC(=O)NC3CCCCC3)nc2c1. The highest BCUT2D eigenvalue weighted by Crippen LogP contribution is 2.26. The van der Waals surface area contributed by atoms with Crippen molar-refractivity contribution in [1.82, 2.24) is 10.3 Å². The van der Waals surface area contributed by atoms with E-state index in [9.17, 15) is 13.2 Å². The van der Waals surface area contributed by atoms with Crippen molar-refractivity contribution in [2.75, 3.05) is 11.5 Å². The van der Waals surface area contributed by atoms with Gasteiger partial charge in [0.2, 0.25) is 5.91 Å². The summed E-state index contributed by atoms with van der Waals surface area (Å²) in [5.41, 5.74) is 1.01. The molecule has 0 atom stereocenters. The van der Waals surface area contributed by atoms with Gasteiger partial charge >= 0.3 is 0 Å². The van der Waals surface area contributed by atoms with E-state index in [1.165, 1.54) is 43.2 Å². The number of hydrogen-bond acceptors (Lipinski definition) is 6. The Hall–Kier alpha value is -1.54. The molecule has 6 nitrogen and oxygen atoms in total. The van der Waals surface area contributed by atoms with E-state index in [1.54, 1.807) is 13.0 Å². The van der Waals surface area contributed by atoms with E-state index in [0.29, 0.717) is 16.3 Å². The molecule has 0 bridgehead atoms. The Kier molecular flexibility index (Phi) is 5.68. The molecule has 0 radical (unpaired) electrons. The maximum absolute atomic E-state index is 12.0. The van der Waals surface area contributed by atoms with Crippen molar-refractivity contribution < 1.29 is 17.6 Å². The number of aromatic nitrogens is 1. The van der Waals surface area contributed by atoms with E-state index in [1.807, 2.05) is 0 Å². The number of rotatable bonds is 6. The standard InChI is InChI=1S/C17H22N2O4S2/c1-2-25(21,22)13-8-9-15-14(10-13)19-17(23-15)24-11-16(20)18-12-6-4-3-5-7-12/h8-10,12H,2-7,11H2,1H3,(H,18,20). The number of carbonyl (C=O) groups is 1. The van der Waals surface area contributed by atoms with Gasteiger partial charge in [0.05, 0.1) is 16.4 Å². The number of benzene rings is 1. The Labute approximate surface area is 151 Å². The zero-order valence-electron chi connectivity index (χ0n) is 14.2. The fourth-order valence-electron chi connectivity index (χ4n) is 2.95. The molecule has 3 rings (SSSR count). The lowest BCUT2D eigenvalue weighted by molar-refractivity contribution is -0.119. The quantitative estimate of drug-likeness (QED) is 0.772. The summed E-state index contributed by atoms with van der Waals surface area (Å²) in [5, 5.41) is 3.43. The number of oxazole rings is 1. The van der Waals surface area contributed by atoms with Gasteiger partial charge in [-0.25, -0.2) is 13.4 Å². The van der Waals surface area contributed by atoms with Crippen LogP contribution in [0.5, 0.6) is 0 Å². The maximum Gasteiger partial charge on any atom is 0.257 e. The van der Waals surface area contributed by atoms with E-state index >= 15 is 0 Å². The van der Waals surface area contributed by atoms with E-state index in [2.05, 4.69) is 10.3 Å². The molecule has 1 aromatic heterocycles. The van der Waals surface area contributed by atoms with Gasteiger partial charge in [-0.1, -0.05) is 37.9 Å². The maximum atomic E-state index is 12.0. The molecule has 2 aromatic rings. The minimum absolute atomic E-state index is 0.0200. The van der Waals surface area contributed by atoms with Crippen LogP contribution in [0.3, 0.4) is 0 Å². The molecule has 1 saturated carbocycles. The second-order valence-electron chi connectivity index (χ2n) is 6.20.